The summed E-state index contributed by atoms with van der Waals surface area (Å²) in [5.74, 6) is 2.53. The third kappa shape index (κ3) is 2.91. The Morgan fingerprint density at radius 2 is 1.90 bits per heavy atom. The number of carbonyl (C=O) groups is 1. The Balaban J connectivity index is 1.33. The molecule has 1 heterocycles. The fraction of sp³-hybridized carbons (Fsp3) is 0.600. The van der Waals surface area contributed by atoms with Gasteiger partial charge in [0.1, 0.15) is 0 Å². The number of ether oxygens (including phenoxy) is 1. The van der Waals surface area contributed by atoms with E-state index in [0.717, 1.165) is 40.9 Å². The second-order valence-electron chi connectivity index (χ2n) is 10.2. The summed E-state index contributed by atoms with van der Waals surface area (Å²) in [6, 6.07) is 8.64. The first-order valence-electron chi connectivity index (χ1n) is 11.3. The third-order valence-electron chi connectivity index (χ3n) is 8.17. The molecule has 5 aliphatic rings. The molecule has 1 N–H and O–H groups in total. The molecule has 1 aromatic heterocycles. The Bertz CT molecular complexity index is 980. The maximum Gasteiger partial charge on any atom is 0.252 e. The molecule has 4 heteroatoms. The Morgan fingerprint density at radius 1 is 1.14 bits per heavy atom. The van der Waals surface area contributed by atoms with Gasteiger partial charge in [0.2, 0.25) is 0 Å². The van der Waals surface area contributed by atoms with Crippen LogP contribution < -0.4 is 5.32 Å². The molecule has 2 unspecified atom stereocenters. The summed E-state index contributed by atoms with van der Waals surface area (Å²) < 4.78 is 5.99. The van der Waals surface area contributed by atoms with Crippen molar-refractivity contribution in [3.8, 4) is 0 Å². The van der Waals surface area contributed by atoms with Gasteiger partial charge in [0.05, 0.1) is 16.7 Å². The van der Waals surface area contributed by atoms with Crippen molar-refractivity contribution < 1.29 is 9.53 Å². The van der Waals surface area contributed by atoms with Crippen LogP contribution in [0.15, 0.2) is 24.3 Å². The van der Waals surface area contributed by atoms with Crippen molar-refractivity contribution >= 4 is 16.8 Å². The lowest BCUT2D eigenvalue weighted by Crippen LogP contribution is -2.62. The van der Waals surface area contributed by atoms with E-state index in [-0.39, 0.29) is 11.5 Å². The molecule has 5 fully saturated rings. The number of carbonyl (C=O) groups excluding carboxylic acids is 1. The number of aromatic nitrogens is 1. The molecule has 0 saturated heterocycles. The normalized spacial score (nSPS) is 35.2. The van der Waals surface area contributed by atoms with Crippen LogP contribution >= 0.6 is 0 Å². The maximum absolute atomic E-state index is 13.5. The van der Waals surface area contributed by atoms with Gasteiger partial charge in [-0.1, -0.05) is 11.6 Å². The van der Waals surface area contributed by atoms with E-state index in [2.05, 4.69) is 36.5 Å². The van der Waals surface area contributed by atoms with Gasteiger partial charge in [0.25, 0.3) is 5.91 Å². The molecule has 0 aliphatic heterocycles. The molecule has 7 rings (SSSR count). The van der Waals surface area contributed by atoms with Crippen LogP contribution in [0.25, 0.3) is 10.9 Å². The highest BCUT2D eigenvalue weighted by molar-refractivity contribution is 6.06. The Hall–Kier alpha value is -1.94. The van der Waals surface area contributed by atoms with Crippen molar-refractivity contribution in [1.82, 2.24) is 10.3 Å². The number of amides is 1. The Kier molecular flexibility index (Phi) is 3.87. The quantitative estimate of drug-likeness (QED) is 0.820. The van der Waals surface area contributed by atoms with Gasteiger partial charge in [0.15, 0.2) is 0 Å². The summed E-state index contributed by atoms with van der Waals surface area (Å²) in [6.45, 7) is 2.08. The van der Waals surface area contributed by atoms with Gasteiger partial charge in [-0.15, -0.1) is 0 Å². The first kappa shape index (κ1) is 17.9. The van der Waals surface area contributed by atoms with Gasteiger partial charge in [0, 0.05) is 30.1 Å². The molecule has 0 radical (unpaired) electrons. The van der Waals surface area contributed by atoms with E-state index in [9.17, 15) is 4.79 Å². The highest BCUT2D eigenvalue weighted by Gasteiger charge is 2.56. The van der Waals surface area contributed by atoms with E-state index in [0.29, 0.717) is 23.8 Å². The van der Waals surface area contributed by atoms with Gasteiger partial charge in [-0.2, -0.15) is 0 Å². The smallest absolute Gasteiger partial charge is 0.252 e. The van der Waals surface area contributed by atoms with Gasteiger partial charge in [-0.3, -0.25) is 9.78 Å². The summed E-state index contributed by atoms with van der Waals surface area (Å²) in [7, 11) is 1.88. The van der Waals surface area contributed by atoms with Gasteiger partial charge in [-0.05, 0) is 87.8 Å². The van der Waals surface area contributed by atoms with E-state index in [4.69, 9.17) is 9.72 Å². The summed E-state index contributed by atoms with van der Waals surface area (Å²) in [5.41, 5.74) is 4.11. The van der Waals surface area contributed by atoms with Crippen LogP contribution in [-0.4, -0.2) is 29.6 Å². The Morgan fingerprint density at radius 3 is 2.59 bits per heavy atom. The van der Waals surface area contributed by atoms with Crippen LogP contribution in [-0.2, 0) is 4.74 Å². The fourth-order valence-electron chi connectivity index (χ4n) is 6.80. The number of benzene rings is 1. The molecule has 4 nitrogen and oxygen atoms in total. The number of rotatable bonds is 4. The molecule has 0 spiro atoms. The minimum absolute atomic E-state index is 0.0807. The fourth-order valence-corrected chi connectivity index (χ4v) is 6.80. The minimum Gasteiger partial charge on any atom is -0.378 e. The predicted octanol–water partition coefficient (Wildman–Crippen LogP) is 4.74. The zero-order chi connectivity index (χ0) is 19.8. The average Bonchev–Trinajstić information content (AvgIpc) is 3.54. The number of pyridine rings is 1. The summed E-state index contributed by atoms with van der Waals surface area (Å²) in [4.78, 5) is 18.4. The third-order valence-corrected chi connectivity index (χ3v) is 8.17. The van der Waals surface area contributed by atoms with Crippen LogP contribution in [0, 0.1) is 24.7 Å². The van der Waals surface area contributed by atoms with Crippen LogP contribution in [0.5, 0.6) is 0 Å². The van der Waals surface area contributed by atoms with E-state index in [1.54, 1.807) is 0 Å². The number of hydrogen-bond acceptors (Lipinski definition) is 3. The number of fused-ring (bicyclic) bond motifs is 1. The molecule has 1 aromatic carbocycles. The van der Waals surface area contributed by atoms with Crippen molar-refractivity contribution in [2.75, 3.05) is 7.11 Å². The van der Waals surface area contributed by atoms with E-state index in [1.807, 2.05) is 7.11 Å². The molecule has 5 aliphatic carbocycles. The highest BCUT2D eigenvalue weighted by Crippen LogP contribution is 2.57. The summed E-state index contributed by atoms with van der Waals surface area (Å²) in [5, 5.41) is 4.49. The lowest BCUT2D eigenvalue weighted by molar-refractivity contribution is -0.156. The zero-order valence-corrected chi connectivity index (χ0v) is 17.4. The second-order valence-corrected chi connectivity index (χ2v) is 10.2. The number of aryl methyl sites for hydroxylation is 1. The van der Waals surface area contributed by atoms with Crippen molar-refractivity contribution in [3.05, 3.63) is 41.1 Å². The maximum atomic E-state index is 13.5. The molecule has 152 valence electrons. The van der Waals surface area contributed by atoms with Crippen LogP contribution in [0.4, 0.5) is 0 Å². The summed E-state index contributed by atoms with van der Waals surface area (Å²) in [6.07, 6.45) is 8.30. The van der Waals surface area contributed by atoms with E-state index >= 15 is 0 Å². The molecule has 2 atom stereocenters. The van der Waals surface area contributed by atoms with Crippen molar-refractivity contribution in [2.24, 2.45) is 17.8 Å². The number of nitrogens with one attached hydrogen (secondary N) is 1. The van der Waals surface area contributed by atoms with Crippen LogP contribution in [0.1, 0.15) is 72.5 Å². The lowest BCUT2D eigenvalue weighted by Gasteiger charge is -2.59. The van der Waals surface area contributed by atoms with E-state index < -0.39 is 0 Å². The molecule has 4 bridgehead atoms. The van der Waals surface area contributed by atoms with Crippen LogP contribution in [0.3, 0.4) is 0 Å². The average molecular weight is 391 g/mol. The molecule has 2 aromatic rings. The topological polar surface area (TPSA) is 51.2 Å². The lowest BCUT2D eigenvalue weighted by atomic mass is 9.52. The van der Waals surface area contributed by atoms with Gasteiger partial charge in [-0.25, -0.2) is 0 Å². The van der Waals surface area contributed by atoms with Crippen molar-refractivity contribution in [2.45, 2.75) is 69.4 Å². The van der Waals surface area contributed by atoms with Crippen LogP contribution in [0.2, 0.25) is 0 Å². The Labute approximate surface area is 172 Å². The predicted molar refractivity (Wildman–Crippen MR) is 113 cm³/mol. The first-order chi connectivity index (χ1) is 14.0. The van der Waals surface area contributed by atoms with Gasteiger partial charge < -0.3 is 10.1 Å². The molecular weight excluding hydrogens is 360 g/mol. The number of nitrogens with zero attached hydrogens (tertiary/aromatic N) is 1. The molecule has 1 amide bonds. The summed E-state index contributed by atoms with van der Waals surface area (Å²) >= 11 is 0. The standard InChI is InChI=1S/C25H30N2O2/c1-14-3-6-21-19(7-14)20(10-22(26-21)16-4-5-16)24(28)27-23-17-8-15-9-18(23)13-25(11-15,12-17)29-2/h3,6-7,10,15-18,23H,4-5,8-9,11-13H2,1-2H3,(H,27,28). The highest BCUT2D eigenvalue weighted by atomic mass is 16.5. The number of hydrogen-bond donors (Lipinski definition) is 1. The SMILES string of the molecule is COC12CC3CC(C1)C(NC(=O)c1cc(C4CC4)nc4ccc(C)cc14)C(C3)C2. The second kappa shape index (κ2) is 6.28. The monoisotopic (exact) mass is 390 g/mol. The van der Waals surface area contributed by atoms with E-state index in [1.165, 1.54) is 37.7 Å². The minimum atomic E-state index is 0.0807. The molecule has 29 heavy (non-hydrogen) atoms. The number of methoxy groups -OCH3 is 1. The van der Waals surface area contributed by atoms with Crippen molar-refractivity contribution in [3.63, 3.8) is 0 Å². The first-order valence-corrected chi connectivity index (χ1v) is 11.3. The molecule has 5 saturated carbocycles. The molecular formula is C25H30N2O2. The van der Waals surface area contributed by atoms with Crippen molar-refractivity contribution in [1.29, 1.82) is 0 Å². The van der Waals surface area contributed by atoms with Gasteiger partial charge >= 0.3 is 0 Å². The largest absolute Gasteiger partial charge is 0.378 e. The zero-order valence-electron chi connectivity index (χ0n) is 17.4.